The molecular formula is C20H20F3NO4. The van der Waals surface area contributed by atoms with E-state index in [2.05, 4.69) is 5.32 Å². The molecule has 0 unspecified atom stereocenters. The molecule has 2 aromatic rings. The highest BCUT2D eigenvalue weighted by molar-refractivity contribution is 6.05. The van der Waals surface area contributed by atoms with Gasteiger partial charge in [0.2, 0.25) is 0 Å². The molecule has 2 rings (SSSR count). The minimum Gasteiger partial charge on any atom is -0.494 e. The average Bonchev–Trinajstić information content (AvgIpc) is 2.64. The van der Waals surface area contributed by atoms with Crippen molar-refractivity contribution in [1.82, 2.24) is 0 Å². The number of nitrogens with one attached hydrogen (secondary N) is 1. The second-order valence-corrected chi connectivity index (χ2v) is 6.10. The number of alkyl halides is 3. The number of anilines is 1. The molecule has 150 valence electrons. The van der Waals surface area contributed by atoms with Crippen LogP contribution in [0.2, 0.25) is 0 Å². The molecule has 2 N–H and O–H groups in total. The summed E-state index contributed by atoms with van der Waals surface area (Å²) in [6, 6.07) is 12.6. The molecule has 0 atom stereocenters. The summed E-state index contributed by atoms with van der Waals surface area (Å²) in [5.74, 6) is -0.862. The minimum absolute atomic E-state index is 0.0158. The van der Waals surface area contributed by atoms with E-state index >= 15 is 0 Å². The third kappa shape index (κ3) is 7.30. The van der Waals surface area contributed by atoms with Crippen LogP contribution >= 0.6 is 0 Å². The van der Waals surface area contributed by atoms with Gasteiger partial charge in [-0.3, -0.25) is 9.59 Å². The lowest BCUT2D eigenvalue weighted by Gasteiger charge is -2.12. The molecule has 0 bridgehead atoms. The van der Waals surface area contributed by atoms with Crippen LogP contribution < -0.4 is 10.1 Å². The van der Waals surface area contributed by atoms with Gasteiger partial charge in [-0.25, -0.2) is 0 Å². The van der Waals surface area contributed by atoms with Gasteiger partial charge in [-0.2, -0.15) is 13.2 Å². The van der Waals surface area contributed by atoms with Gasteiger partial charge in [-0.1, -0.05) is 18.2 Å². The number of carboxylic acids is 1. The van der Waals surface area contributed by atoms with Crippen molar-refractivity contribution < 1.29 is 32.6 Å². The fourth-order valence-electron chi connectivity index (χ4n) is 2.48. The smallest absolute Gasteiger partial charge is 0.389 e. The third-order valence-electron chi connectivity index (χ3n) is 3.86. The first-order valence-electron chi connectivity index (χ1n) is 8.65. The van der Waals surface area contributed by atoms with Crippen molar-refractivity contribution in [1.29, 1.82) is 0 Å². The Morgan fingerprint density at radius 3 is 2.36 bits per heavy atom. The Bertz CT molecular complexity index is 804. The van der Waals surface area contributed by atoms with Gasteiger partial charge < -0.3 is 15.2 Å². The minimum atomic E-state index is -4.29. The molecule has 0 saturated carbocycles. The summed E-state index contributed by atoms with van der Waals surface area (Å²) in [6.07, 6.45) is -5.16. The van der Waals surface area contributed by atoms with Crippen LogP contribution in [0.15, 0.2) is 48.5 Å². The van der Waals surface area contributed by atoms with E-state index in [4.69, 9.17) is 9.84 Å². The number of ether oxygens (including phenoxy) is 1. The van der Waals surface area contributed by atoms with Crippen LogP contribution in [0.4, 0.5) is 18.9 Å². The van der Waals surface area contributed by atoms with E-state index in [1.807, 2.05) is 0 Å². The first-order chi connectivity index (χ1) is 13.2. The molecule has 2 aromatic carbocycles. The van der Waals surface area contributed by atoms with E-state index < -0.39 is 24.5 Å². The fourth-order valence-corrected chi connectivity index (χ4v) is 2.48. The molecule has 0 fully saturated rings. The van der Waals surface area contributed by atoms with E-state index in [1.54, 1.807) is 36.4 Å². The monoisotopic (exact) mass is 395 g/mol. The molecule has 0 radical (unpaired) electrons. The maximum absolute atomic E-state index is 12.5. The van der Waals surface area contributed by atoms with Crippen molar-refractivity contribution in [3.63, 3.8) is 0 Å². The van der Waals surface area contributed by atoms with Crippen LogP contribution in [0, 0.1) is 0 Å². The first-order valence-corrected chi connectivity index (χ1v) is 8.65. The number of carboxylic acid groups (broad SMARTS) is 1. The van der Waals surface area contributed by atoms with Crippen LogP contribution in [0.25, 0.3) is 0 Å². The Hall–Kier alpha value is -3.03. The van der Waals surface area contributed by atoms with E-state index in [0.717, 1.165) is 0 Å². The van der Waals surface area contributed by atoms with Gasteiger partial charge in [-0.05, 0) is 48.7 Å². The van der Waals surface area contributed by atoms with Crippen LogP contribution in [-0.2, 0) is 11.2 Å². The summed E-state index contributed by atoms with van der Waals surface area (Å²) in [5.41, 5.74) is 0.991. The predicted octanol–water partition coefficient (Wildman–Crippen LogP) is 4.68. The fraction of sp³-hybridized carbons (Fsp3) is 0.300. The normalized spacial score (nSPS) is 11.1. The Balaban J connectivity index is 1.95. The number of rotatable bonds is 9. The largest absolute Gasteiger partial charge is 0.494 e. The number of hydrogen-bond donors (Lipinski definition) is 2. The molecule has 8 heteroatoms. The number of carbonyl (C=O) groups is 2. The summed E-state index contributed by atoms with van der Waals surface area (Å²) < 4.78 is 42.8. The summed E-state index contributed by atoms with van der Waals surface area (Å²) >= 11 is 0. The lowest BCUT2D eigenvalue weighted by molar-refractivity contribution is -0.137. The van der Waals surface area contributed by atoms with Gasteiger partial charge in [0.05, 0.1) is 6.61 Å². The predicted molar refractivity (Wildman–Crippen MR) is 97.6 cm³/mol. The summed E-state index contributed by atoms with van der Waals surface area (Å²) in [7, 11) is 0. The van der Waals surface area contributed by atoms with Gasteiger partial charge in [0.25, 0.3) is 5.91 Å². The third-order valence-corrected chi connectivity index (χ3v) is 3.86. The van der Waals surface area contributed by atoms with E-state index in [0.29, 0.717) is 23.4 Å². The SMILES string of the molecule is O=C(O)CCCOc1ccc(NC(=O)c2ccccc2CCC(F)(F)F)cc1. The zero-order valence-corrected chi connectivity index (χ0v) is 15.0. The number of hydrogen-bond acceptors (Lipinski definition) is 3. The number of aryl methyl sites for hydroxylation is 1. The van der Waals surface area contributed by atoms with Crippen molar-refractivity contribution in [2.45, 2.75) is 31.9 Å². The highest BCUT2D eigenvalue weighted by Crippen LogP contribution is 2.24. The van der Waals surface area contributed by atoms with Gasteiger partial charge >= 0.3 is 12.1 Å². The van der Waals surface area contributed by atoms with E-state index in [-0.39, 0.29) is 25.0 Å². The Labute approximate surface area is 160 Å². The van der Waals surface area contributed by atoms with Crippen LogP contribution in [-0.4, -0.2) is 29.8 Å². The van der Waals surface area contributed by atoms with Crippen LogP contribution in [0.1, 0.15) is 35.2 Å². The van der Waals surface area contributed by atoms with Crippen molar-refractivity contribution in [2.24, 2.45) is 0 Å². The number of halogens is 3. The molecule has 0 heterocycles. The summed E-state index contributed by atoms with van der Waals surface area (Å²) in [5, 5.41) is 11.2. The molecule has 0 aliphatic rings. The van der Waals surface area contributed by atoms with E-state index in [9.17, 15) is 22.8 Å². The Morgan fingerprint density at radius 1 is 1.04 bits per heavy atom. The molecule has 5 nitrogen and oxygen atoms in total. The molecule has 0 aromatic heterocycles. The lowest BCUT2D eigenvalue weighted by atomic mass is 10.0. The number of amides is 1. The molecule has 0 aliphatic carbocycles. The molecule has 28 heavy (non-hydrogen) atoms. The standard InChI is InChI=1S/C20H20F3NO4/c21-20(22,23)12-11-14-4-1-2-5-17(14)19(27)24-15-7-9-16(10-8-15)28-13-3-6-18(25)26/h1-2,4-5,7-10H,3,6,11-13H2,(H,24,27)(H,25,26). The Morgan fingerprint density at radius 2 is 1.71 bits per heavy atom. The van der Waals surface area contributed by atoms with Gasteiger partial charge in [0, 0.05) is 24.1 Å². The lowest BCUT2D eigenvalue weighted by Crippen LogP contribution is -2.16. The maximum Gasteiger partial charge on any atom is 0.389 e. The van der Waals surface area contributed by atoms with E-state index in [1.165, 1.54) is 12.1 Å². The summed E-state index contributed by atoms with van der Waals surface area (Å²) in [4.78, 5) is 22.9. The zero-order valence-electron chi connectivity index (χ0n) is 15.0. The molecule has 0 spiro atoms. The first kappa shape index (κ1) is 21.3. The number of benzene rings is 2. The average molecular weight is 395 g/mol. The molecule has 1 amide bonds. The van der Waals surface area contributed by atoms with Crippen LogP contribution in [0.5, 0.6) is 5.75 Å². The number of carbonyl (C=O) groups excluding carboxylic acids is 1. The van der Waals surface area contributed by atoms with Crippen molar-refractivity contribution in [3.8, 4) is 5.75 Å². The van der Waals surface area contributed by atoms with Crippen molar-refractivity contribution in [2.75, 3.05) is 11.9 Å². The van der Waals surface area contributed by atoms with Crippen molar-refractivity contribution in [3.05, 3.63) is 59.7 Å². The van der Waals surface area contributed by atoms with Gasteiger partial charge in [-0.15, -0.1) is 0 Å². The highest BCUT2D eigenvalue weighted by atomic mass is 19.4. The molecule has 0 aliphatic heterocycles. The summed E-state index contributed by atoms with van der Waals surface area (Å²) in [6.45, 7) is 0.255. The van der Waals surface area contributed by atoms with Crippen LogP contribution in [0.3, 0.4) is 0 Å². The van der Waals surface area contributed by atoms with Gasteiger partial charge in [0.15, 0.2) is 0 Å². The molecule has 0 saturated heterocycles. The maximum atomic E-state index is 12.5. The Kier molecular flexibility index (Phi) is 7.43. The second-order valence-electron chi connectivity index (χ2n) is 6.10. The van der Waals surface area contributed by atoms with Gasteiger partial charge in [0.1, 0.15) is 5.75 Å². The quantitative estimate of drug-likeness (QED) is 0.605. The molecular weight excluding hydrogens is 375 g/mol. The topological polar surface area (TPSA) is 75.6 Å². The van der Waals surface area contributed by atoms with Crippen molar-refractivity contribution >= 4 is 17.6 Å². The second kappa shape index (κ2) is 9.77. The number of aliphatic carboxylic acids is 1. The zero-order chi connectivity index (χ0) is 20.6. The highest BCUT2D eigenvalue weighted by Gasteiger charge is 2.27.